The molecular weight excluding hydrogens is 320 g/mol. The van der Waals surface area contributed by atoms with Gasteiger partial charge in [-0.25, -0.2) is 9.78 Å². The van der Waals surface area contributed by atoms with Crippen LogP contribution in [0.2, 0.25) is 0 Å². The van der Waals surface area contributed by atoms with E-state index in [4.69, 9.17) is 19.5 Å². The van der Waals surface area contributed by atoms with Crippen LogP contribution >= 0.6 is 0 Å². The molecule has 0 fully saturated rings. The maximum Gasteiger partial charge on any atom is 0.335 e. The average Bonchev–Trinajstić information content (AvgIpc) is 3.04. The van der Waals surface area contributed by atoms with Gasteiger partial charge in [0.2, 0.25) is 5.89 Å². The molecule has 1 N–H and O–H groups in total. The van der Waals surface area contributed by atoms with Crippen LogP contribution in [0.25, 0.3) is 11.1 Å². The highest BCUT2D eigenvalue weighted by Crippen LogP contribution is 2.20. The third kappa shape index (κ3) is 5.08. The molecule has 0 saturated heterocycles. The van der Waals surface area contributed by atoms with Gasteiger partial charge in [-0.1, -0.05) is 26.5 Å². The lowest BCUT2D eigenvalue weighted by Gasteiger charge is -2.06. The molecule has 1 aromatic heterocycles. The van der Waals surface area contributed by atoms with Gasteiger partial charge in [0.05, 0.1) is 11.1 Å². The van der Waals surface area contributed by atoms with Crippen LogP contribution in [0.4, 0.5) is 0 Å². The molecule has 0 radical (unpaired) electrons. The fraction of sp³-hybridized carbons (Fsp3) is 0.211. The van der Waals surface area contributed by atoms with Crippen LogP contribution in [-0.4, -0.2) is 16.1 Å². The van der Waals surface area contributed by atoms with Crippen molar-refractivity contribution in [2.75, 3.05) is 0 Å². The minimum absolute atomic E-state index is 0.0208. The van der Waals surface area contributed by atoms with Crippen LogP contribution < -0.4 is 0 Å². The third-order valence-corrected chi connectivity index (χ3v) is 2.96. The van der Waals surface area contributed by atoms with Crippen LogP contribution in [0, 0.1) is 11.3 Å². The molecule has 0 unspecified atom stereocenters. The number of hydrogen-bond donors (Lipinski definition) is 1. The number of allylic oxidation sites excluding steroid dienone is 4. The minimum Gasteiger partial charge on any atom is -0.483 e. The van der Waals surface area contributed by atoms with E-state index in [1.807, 2.05) is 19.9 Å². The summed E-state index contributed by atoms with van der Waals surface area (Å²) in [5, 5.41) is 18.0. The summed E-state index contributed by atoms with van der Waals surface area (Å²) in [5.74, 6) is -0.357. The van der Waals surface area contributed by atoms with E-state index in [9.17, 15) is 4.79 Å². The zero-order valence-corrected chi connectivity index (χ0v) is 14.4. The number of carboxylic acid groups (broad SMARTS) is 1. The predicted octanol–water partition coefficient (Wildman–Crippen LogP) is 4.61. The molecule has 2 aromatic rings. The van der Waals surface area contributed by atoms with Crippen molar-refractivity contribution in [3.63, 3.8) is 0 Å². The van der Waals surface area contributed by atoms with Crippen molar-refractivity contribution < 1.29 is 19.1 Å². The number of hydrogen-bond acceptors (Lipinski definition) is 5. The van der Waals surface area contributed by atoms with Gasteiger partial charge in [0, 0.05) is 0 Å². The third-order valence-electron chi connectivity index (χ3n) is 2.96. The summed E-state index contributed by atoms with van der Waals surface area (Å²) in [6, 6.07) is 6.45. The SMILES string of the molecule is C=C/C=C(C#N)\C(=C/C)OCc1nc2ccc(C(=O)O)cc2o1.CC. The molecule has 0 amide bonds. The molecule has 130 valence electrons. The van der Waals surface area contributed by atoms with Gasteiger partial charge in [0.1, 0.15) is 17.3 Å². The standard InChI is InChI=1S/C17H14N2O4.C2H6/c1-3-5-12(9-18)14(4-2)22-10-16-19-13-7-6-11(17(20)21)8-15(13)23-16;1-2/h3-8H,1,10H2,2H3,(H,20,21);1-2H3/b12-5-,14-4+;. The largest absolute Gasteiger partial charge is 0.483 e. The normalized spacial score (nSPS) is 11.3. The molecule has 25 heavy (non-hydrogen) atoms. The van der Waals surface area contributed by atoms with Crippen molar-refractivity contribution in [2.45, 2.75) is 27.4 Å². The molecule has 0 saturated carbocycles. The van der Waals surface area contributed by atoms with Crippen molar-refractivity contribution in [3.05, 3.63) is 65.8 Å². The second-order valence-corrected chi connectivity index (χ2v) is 4.46. The van der Waals surface area contributed by atoms with E-state index in [0.29, 0.717) is 22.4 Å². The zero-order valence-electron chi connectivity index (χ0n) is 14.4. The molecule has 1 heterocycles. The lowest BCUT2D eigenvalue weighted by molar-refractivity contribution is 0.0697. The Morgan fingerprint density at radius 3 is 2.76 bits per heavy atom. The van der Waals surface area contributed by atoms with E-state index in [1.165, 1.54) is 18.2 Å². The Morgan fingerprint density at radius 1 is 1.48 bits per heavy atom. The van der Waals surface area contributed by atoms with E-state index >= 15 is 0 Å². The fourth-order valence-corrected chi connectivity index (χ4v) is 1.92. The number of oxazole rings is 1. The molecular formula is C19H20N2O4. The van der Waals surface area contributed by atoms with E-state index in [0.717, 1.165) is 0 Å². The highest BCUT2D eigenvalue weighted by atomic mass is 16.5. The molecule has 6 nitrogen and oxygen atoms in total. The zero-order chi connectivity index (χ0) is 18.8. The Bertz CT molecular complexity index is 854. The summed E-state index contributed by atoms with van der Waals surface area (Å²) in [6.07, 6.45) is 4.70. The number of carboxylic acids is 1. The van der Waals surface area contributed by atoms with Gasteiger partial charge in [-0.05, 0) is 37.3 Å². The van der Waals surface area contributed by atoms with E-state index < -0.39 is 5.97 Å². The number of fused-ring (bicyclic) bond motifs is 1. The quantitative estimate of drug-likeness (QED) is 0.468. The molecule has 0 aliphatic rings. The Kier molecular flexibility index (Phi) is 7.67. The lowest BCUT2D eigenvalue weighted by Crippen LogP contribution is -1.96. The van der Waals surface area contributed by atoms with Crippen LogP contribution in [0.5, 0.6) is 0 Å². The first kappa shape index (κ1) is 19.7. The number of nitriles is 1. The van der Waals surface area contributed by atoms with Crippen LogP contribution in [0.1, 0.15) is 37.0 Å². The summed E-state index contributed by atoms with van der Waals surface area (Å²) in [7, 11) is 0. The van der Waals surface area contributed by atoms with Gasteiger partial charge in [0.25, 0.3) is 0 Å². The Morgan fingerprint density at radius 2 is 2.20 bits per heavy atom. The Labute approximate surface area is 146 Å². The molecule has 0 aliphatic heterocycles. The van der Waals surface area contributed by atoms with E-state index in [2.05, 4.69) is 11.6 Å². The monoisotopic (exact) mass is 340 g/mol. The number of nitrogens with zero attached hydrogens (tertiary/aromatic N) is 2. The van der Waals surface area contributed by atoms with Crippen LogP contribution in [-0.2, 0) is 11.3 Å². The smallest absolute Gasteiger partial charge is 0.335 e. The highest BCUT2D eigenvalue weighted by Gasteiger charge is 2.11. The topological polar surface area (TPSA) is 96.3 Å². The molecule has 0 atom stereocenters. The van der Waals surface area contributed by atoms with Crippen molar-refractivity contribution >= 4 is 17.1 Å². The molecule has 2 rings (SSSR count). The van der Waals surface area contributed by atoms with Gasteiger partial charge in [-0.3, -0.25) is 0 Å². The highest BCUT2D eigenvalue weighted by molar-refractivity contribution is 5.91. The number of rotatable bonds is 6. The van der Waals surface area contributed by atoms with E-state index in [1.54, 1.807) is 25.1 Å². The number of aromatic nitrogens is 1. The van der Waals surface area contributed by atoms with Gasteiger partial charge in [-0.15, -0.1) is 0 Å². The summed E-state index contributed by atoms with van der Waals surface area (Å²) < 4.78 is 11.0. The minimum atomic E-state index is -1.04. The molecule has 0 spiro atoms. The van der Waals surface area contributed by atoms with E-state index in [-0.39, 0.29) is 18.1 Å². The number of ether oxygens (including phenoxy) is 1. The van der Waals surface area contributed by atoms with Gasteiger partial charge in [0.15, 0.2) is 12.2 Å². The van der Waals surface area contributed by atoms with Gasteiger partial charge >= 0.3 is 5.97 Å². The van der Waals surface area contributed by atoms with Crippen molar-refractivity contribution in [3.8, 4) is 6.07 Å². The second kappa shape index (κ2) is 9.73. The maximum absolute atomic E-state index is 10.9. The summed E-state index contributed by atoms with van der Waals surface area (Å²) in [6.45, 7) is 9.31. The Balaban J connectivity index is 0.00000151. The maximum atomic E-state index is 10.9. The predicted molar refractivity (Wildman–Crippen MR) is 94.8 cm³/mol. The molecule has 1 aromatic carbocycles. The molecule has 0 aliphatic carbocycles. The van der Waals surface area contributed by atoms with Crippen molar-refractivity contribution in [1.29, 1.82) is 5.26 Å². The number of aromatic carboxylic acids is 1. The number of benzene rings is 1. The molecule has 0 bridgehead atoms. The summed E-state index contributed by atoms with van der Waals surface area (Å²) in [5.41, 5.74) is 1.37. The average molecular weight is 340 g/mol. The van der Waals surface area contributed by atoms with Crippen LogP contribution in [0.3, 0.4) is 0 Å². The molecule has 6 heteroatoms. The Hall–Kier alpha value is -3.33. The first-order valence-electron chi connectivity index (χ1n) is 7.74. The van der Waals surface area contributed by atoms with Crippen molar-refractivity contribution in [1.82, 2.24) is 4.98 Å². The number of carbonyl (C=O) groups is 1. The van der Waals surface area contributed by atoms with Crippen molar-refractivity contribution in [2.24, 2.45) is 0 Å². The fourth-order valence-electron chi connectivity index (χ4n) is 1.92. The van der Waals surface area contributed by atoms with Crippen LogP contribution in [0.15, 0.2) is 58.8 Å². The summed E-state index contributed by atoms with van der Waals surface area (Å²) >= 11 is 0. The summed E-state index contributed by atoms with van der Waals surface area (Å²) in [4.78, 5) is 15.2. The first-order valence-corrected chi connectivity index (χ1v) is 7.74. The first-order chi connectivity index (χ1) is 12.1. The van der Waals surface area contributed by atoms with Gasteiger partial charge in [-0.2, -0.15) is 5.26 Å². The lowest BCUT2D eigenvalue weighted by atomic mass is 10.2. The van der Waals surface area contributed by atoms with Gasteiger partial charge < -0.3 is 14.3 Å². The second-order valence-electron chi connectivity index (χ2n) is 4.46.